The molecule has 0 spiro atoms. The molecule has 0 atom stereocenters. The Kier molecular flexibility index (Phi) is 5.99. The SMILES string of the molecule is O=C(Nc1cncc(-c2cc3c(-c4nc5c(-c6cccc(F)c6)cncc5[nH]4)n[nH]c3cn2)c1)C1CCCCC1. The van der Waals surface area contributed by atoms with Crippen LogP contribution in [0.2, 0.25) is 0 Å². The Bertz CT molecular complexity index is 1870. The molecule has 40 heavy (non-hydrogen) atoms. The Labute approximate surface area is 228 Å². The predicted molar refractivity (Wildman–Crippen MR) is 151 cm³/mol. The van der Waals surface area contributed by atoms with E-state index in [1.807, 2.05) is 18.2 Å². The summed E-state index contributed by atoms with van der Waals surface area (Å²) < 4.78 is 13.9. The first kappa shape index (κ1) is 24.1. The first-order valence-corrected chi connectivity index (χ1v) is 13.3. The molecule has 0 bridgehead atoms. The number of hydrogen-bond donors (Lipinski definition) is 3. The average molecular weight is 533 g/mol. The van der Waals surface area contributed by atoms with Gasteiger partial charge in [0.1, 0.15) is 11.5 Å². The molecule has 198 valence electrons. The van der Waals surface area contributed by atoms with Crippen LogP contribution in [-0.4, -0.2) is 41.0 Å². The van der Waals surface area contributed by atoms with Gasteiger partial charge in [-0.2, -0.15) is 5.10 Å². The molecule has 1 saturated carbocycles. The molecule has 7 rings (SSSR count). The number of carbonyl (C=O) groups is 1. The third-order valence-corrected chi connectivity index (χ3v) is 7.48. The number of benzene rings is 1. The summed E-state index contributed by atoms with van der Waals surface area (Å²) >= 11 is 0. The lowest BCUT2D eigenvalue weighted by Gasteiger charge is -2.20. The number of hydrogen-bond acceptors (Lipinski definition) is 6. The van der Waals surface area contributed by atoms with E-state index in [4.69, 9.17) is 4.98 Å². The maximum absolute atomic E-state index is 13.9. The minimum Gasteiger partial charge on any atom is -0.335 e. The van der Waals surface area contributed by atoms with Gasteiger partial charge in [-0.25, -0.2) is 9.37 Å². The fourth-order valence-corrected chi connectivity index (χ4v) is 5.42. The van der Waals surface area contributed by atoms with Gasteiger partial charge in [0.25, 0.3) is 0 Å². The van der Waals surface area contributed by atoms with Crippen LogP contribution in [0.25, 0.3) is 55.8 Å². The quantitative estimate of drug-likeness (QED) is 0.240. The first-order chi connectivity index (χ1) is 19.6. The summed E-state index contributed by atoms with van der Waals surface area (Å²) in [7, 11) is 0. The lowest BCUT2D eigenvalue weighted by atomic mass is 9.88. The Morgan fingerprint density at radius 2 is 1.80 bits per heavy atom. The second kappa shape index (κ2) is 9.96. The lowest BCUT2D eigenvalue weighted by Crippen LogP contribution is -2.24. The van der Waals surface area contributed by atoms with Gasteiger partial charge >= 0.3 is 0 Å². The Balaban J connectivity index is 1.23. The minimum absolute atomic E-state index is 0.0520. The number of aromatic amines is 2. The lowest BCUT2D eigenvalue weighted by molar-refractivity contribution is -0.120. The van der Waals surface area contributed by atoms with Crippen molar-refractivity contribution < 1.29 is 9.18 Å². The molecular weight excluding hydrogens is 507 g/mol. The Hall–Kier alpha value is -4.99. The molecule has 10 heteroatoms. The topological polar surface area (TPSA) is 125 Å². The summed E-state index contributed by atoms with van der Waals surface area (Å²) in [6.45, 7) is 0. The van der Waals surface area contributed by atoms with Gasteiger partial charge in [0, 0.05) is 34.8 Å². The van der Waals surface area contributed by atoms with Crippen LogP contribution in [0.3, 0.4) is 0 Å². The van der Waals surface area contributed by atoms with E-state index in [1.54, 1.807) is 37.1 Å². The van der Waals surface area contributed by atoms with Crippen molar-refractivity contribution in [3.63, 3.8) is 0 Å². The summed E-state index contributed by atoms with van der Waals surface area (Å²) in [4.78, 5) is 34.2. The molecule has 9 nitrogen and oxygen atoms in total. The number of imidazole rings is 1. The van der Waals surface area contributed by atoms with E-state index in [0.29, 0.717) is 39.5 Å². The number of rotatable bonds is 5. The molecule has 1 aliphatic carbocycles. The largest absolute Gasteiger partial charge is 0.335 e. The summed E-state index contributed by atoms with van der Waals surface area (Å²) in [6.07, 6.45) is 13.7. The van der Waals surface area contributed by atoms with E-state index in [0.717, 1.165) is 47.7 Å². The first-order valence-electron chi connectivity index (χ1n) is 13.3. The van der Waals surface area contributed by atoms with Crippen LogP contribution in [0.15, 0.2) is 67.4 Å². The van der Waals surface area contributed by atoms with Crippen molar-refractivity contribution in [3.05, 3.63) is 73.2 Å². The van der Waals surface area contributed by atoms with E-state index in [2.05, 4.69) is 35.5 Å². The summed E-state index contributed by atoms with van der Waals surface area (Å²) in [5.41, 5.74) is 6.29. The van der Waals surface area contributed by atoms with Crippen molar-refractivity contribution in [1.82, 2.24) is 35.1 Å². The number of halogens is 1. The van der Waals surface area contributed by atoms with Crippen LogP contribution < -0.4 is 5.32 Å². The van der Waals surface area contributed by atoms with Gasteiger partial charge < -0.3 is 10.3 Å². The highest BCUT2D eigenvalue weighted by Gasteiger charge is 2.21. The molecule has 1 aliphatic rings. The Morgan fingerprint density at radius 1 is 0.925 bits per heavy atom. The van der Waals surface area contributed by atoms with Crippen LogP contribution in [0.4, 0.5) is 10.1 Å². The molecule has 0 aliphatic heterocycles. The number of nitrogens with one attached hydrogen (secondary N) is 3. The fraction of sp³-hybridized carbons (Fsp3) is 0.200. The van der Waals surface area contributed by atoms with Crippen molar-refractivity contribution >= 4 is 33.5 Å². The van der Waals surface area contributed by atoms with Gasteiger partial charge in [0.05, 0.1) is 46.5 Å². The van der Waals surface area contributed by atoms with Gasteiger partial charge in [-0.1, -0.05) is 31.4 Å². The summed E-state index contributed by atoms with van der Waals surface area (Å²) in [6, 6.07) is 10.2. The van der Waals surface area contributed by atoms with Crippen LogP contribution >= 0.6 is 0 Å². The van der Waals surface area contributed by atoms with Gasteiger partial charge in [-0.05, 0) is 42.7 Å². The van der Waals surface area contributed by atoms with Crippen molar-refractivity contribution in [2.75, 3.05) is 5.32 Å². The molecule has 1 aromatic carbocycles. The van der Waals surface area contributed by atoms with E-state index in [1.165, 1.54) is 18.6 Å². The molecule has 0 unspecified atom stereocenters. The number of fused-ring (bicyclic) bond motifs is 2. The van der Waals surface area contributed by atoms with E-state index >= 15 is 0 Å². The molecular formula is C30H25FN8O. The Morgan fingerprint density at radius 3 is 2.67 bits per heavy atom. The van der Waals surface area contributed by atoms with Gasteiger partial charge in [0.15, 0.2) is 5.82 Å². The van der Waals surface area contributed by atoms with Crippen LogP contribution in [0.5, 0.6) is 0 Å². The molecule has 6 aromatic rings. The normalized spacial score (nSPS) is 14.1. The van der Waals surface area contributed by atoms with E-state index < -0.39 is 0 Å². The zero-order chi connectivity index (χ0) is 27.1. The van der Waals surface area contributed by atoms with Crippen molar-refractivity contribution in [2.45, 2.75) is 32.1 Å². The zero-order valence-electron chi connectivity index (χ0n) is 21.5. The zero-order valence-corrected chi connectivity index (χ0v) is 21.5. The van der Waals surface area contributed by atoms with Gasteiger partial charge in [-0.15, -0.1) is 0 Å². The standard InChI is InChI=1S/C30H25FN8O/c31-20-8-4-7-18(9-20)23-14-33-15-26-27(23)37-29(36-26)28-22-11-24(34-16-25(22)38-39-28)19-10-21(13-32-12-19)35-30(40)17-5-2-1-3-6-17/h4,7-17H,1-3,5-6H2,(H,35,40)(H,36,37)(H,38,39). The van der Waals surface area contributed by atoms with Crippen molar-refractivity contribution in [3.8, 4) is 33.9 Å². The van der Waals surface area contributed by atoms with Crippen molar-refractivity contribution in [1.29, 1.82) is 0 Å². The predicted octanol–water partition coefficient (Wildman–Crippen LogP) is 6.28. The number of anilines is 1. The van der Waals surface area contributed by atoms with E-state index in [9.17, 15) is 9.18 Å². The number of amides is 1. The number of carbonyl (C=O) groups excluding carboxylic acids is 1. The fourth-order valence-electron chi connectivity index (χ4n) is 5.42. The van der Waals surface area contributed by atoms with E-state index in [-0.39, 0.29) is 17.6 Å². The highest BCUT2D eigenvalue weighted by molar-refractivity contribution is 5.97. The highest BCUT2D eigenvalue weighted by Crippen LogP contribution is 2.33. The van der Waals surface area contributed by atoms with Gasteiger partial charge in [-0.3, -0.25) is 24.8 Å². The smallest absolute Gasteiger partial charge is 0.227 e. The number of aromatic nitrogens is 7. The molecule has 0 saturated heterocycles. The number of pyridine rings is 3. The maximum Gasteiger partial charge on any atom is 0.227 e. The third kappa shape index (κ3) is 4.47. The highest BCUT2D eigenvalue weighted by atomic mass is 19.1. The van der Waals surface area contributed by atoms with Crippen LogP contribution in [0, 0.1) is 11.7 Å². The summed E-state index contributed by atoms with van der Waals surface area (Å²) in [5.74, 6) is 0.336. The molecule has 3 N–H and O–H groups in total. The summed E-state index contributed by atoms with van der Waals surface area (Å²) in [5, 5.41) is 11.4. The monoisotopic (exact) mass is 532 g/mol. The molecule has 1 amide bonds. The second-order valence-electron chi connectivity index (χ2n) is 10.2. The minimum atomic E-state index is -0.323. The van der Waals surface area contributed by atoms with Crippen LogP contribution in [0.1, 0.15) is 32.1 Å². The second-order valence-corrected chi connectivity index (χ2v) is 10.2. The molecule has 5 aromatic heterocycles. The van der Waals surface area contributed by atoms with Crippen LogP contribution in [-0.2, 0) is 4.79 Å². The molecule has 0 radical (unpaired) electrons. The maximum atomic E-state index is 13.9. The average Bonchev–Trinajstić information content (AvgIpc) is 3.61. The molecule has 1 fully saturated rings. The number of nitrogens with zero attached hydrogens (tertiary/aromatic N) is 5. The van der Waals surface area contributed by atoms with Gasteiger partial charge in [0.2, 0.25) is 5.91 Å². The third-order valence-electron chi connectivity index (χ3n) is 7.48. The number of H-pyrrole nitrogens is 2. The molecule has 5 heterocycles. The van der Waals surface area contributed by atoms with Crippen molar-refractivity contribution in [2.24, 2.45) is 5.92 Å².